The number of benzene rings is 2. The van der Waals surface area contributed by atoms with Gasteiger partial charge in [0.2, 0.25) is 5.91 Å². The monoisotopic (exact) mass is 408 g/mol. The van der Waals surface area contributed by atoms with E-state index in [-0.39, 0.29) is 23.8 Å². The van der Waals surface area contributed by atoms with E-state index in [1.807, 2.05) is 24.3 Å². The maximum atomic E-state index is 12.6. The number of amides is 2. The molecular weight excluding hydrogens is 384 g/mol. The van der Waals surface area contributed by atoms with E-state index in [2.05, 4.69) is 10.6 Å². The molecule has 2 aromatic rings. The van der Waals surface area contributed by atoms with Crippen molar-refractivity contribution in [1.82, 2.24) is 5.32 Å². The lowest BCUT2D eigenvalue weighted by molar-refractivity contribution is -0.130. The van der Waals surface area contributed by atoms with Gasteiger partial charge in [0.15, 0.2) is 6.10 Å². The highest BCUT2D eigenvalue weighted by atomic mass is 16.5. The van der Waals surface area contributed by atoms with E-state index < -0.39 is 12.1 Å². The zero-order chi connectivity index (χ0) is 21.1. The fourth-order valence-corrected chi connectivity index (χ4v) is 3.34. The van der Waals surface area contributed by atoms with Gasteiger partial charge in [-0.15, -0.1) is 0 Å². The van der Waals surface area contributed by atoms with Crippen molar-refractivity contribution in [3.63, 3.8) is 0 Å². The average Bonchev–Trinajstić information content (AvgIpc) is 3.60. The molecule has 0 radical (unpaired) electrons. The van der Waals surface area contributed by atoms with Crippen LogP contribution in [-0.2, 0) is 14.3 Å². The second-order valence-corrected chi connectivity index (χ2v) is 7.62. The Morgan fingerprint density at radius 2 is 1.77 bits per heavy atom. The van der Waals surface area contributed by atoms with Gasteiger partial charge in [-0.1, -0.05) is 18.2 Å². The molecule has 2 aliphatic rings. The smallest absolute Gasteiger partial charge is 0.338 e. The van der Waals surface area contributed by atoms with Gasteiger partial charge in [0.25, 0.3) is 5.91 Å². The van der Waals surface area contributed by atoms with Crippen LogP contribution in [0.3, 0.4) is 0 Å². The van der Waals surface area contributed by atoms with Crippen molar-refractivity contribution in [1.29, 1.82) is 0 Å². The van der Waals surface area contributed by atoms with Gasteiger partial charge in [0.1, 0.15) is 5.75 Å². The van der Waals surface area contributed by atoms with E-state index in [0.29, 0.717) is 24.3 Å². The lowest BCUT2D eigenvalue weighted by Gasteiger charge is -2.27. The Balaban J connectivity index is 1.32. The summed E-state index contributed by atoms with van der Waals surface area (Å²) in [4.78, 5) is 36.7. The number of esters is 1. The Morgan fingerprint density at radius 3 is 2.50 bits per heavy atom. The normalized spacial score (nSPS) is 18.4. The number of rotatable bonds is 6. The average molecular weight is 408 g/mol. The molecule has 156 valence electrons. The van der Waals surface area contributed by atoms with Crippen LogP contribution >= 0.6 is 0 Å². The Kier molecular flexibility index (Phi) is 5.70. The van der Waals surface area contributed by atoms with E-state index in [1.165, 1.54) is 0 Å². The maximum absolute atomic E-state index is 12.6. The molecule has 1 fully saturated rings. The van der Waals surface area contributed by atoms with E-state index in [1.54, 1.807) is 31.2 Å². The number of hydrogen-bond acceptors (Lipinski definition) is 5. The molecule has 2 atom stereocenters. The Labute approximate surface area is 174 Å². The van der Waals surface area contributed by atoms with Gasteiger partial charge in [-0.2, -0.15) is 0 Å². The number of carbonyl (C=O) groups is 3. The molecule has 0 saturated heterocycles. The van der Waals surface area contributed by atoms with Gasteiger partial charge < -0.3 is 20.1 Å². The van der Waals surface area contributed by atoms with E-state index in [0.717, 1.165) is 24.2 Å². The van der Waals surface area contributed by atoms with Gasteiger partial charge in [-0.05, 0) is 50.1 Å². The molecule has 1 aliphatic heterocycles. The number of ether oxygens (including phenoxy) is 2. The first kappa shape index (κ1) is 19.9. The van der Waals surface area contributed by atoms with Crippen molar-refractivity contribution >= 4 is 23.5 Å². The first-order valence-electron chi connectivity index (χ1n) is 10.2. The molecule has 1 heterocycles. The number of anilines is 1. The Hall–Kier alpha value is -3.35. The van der Waals surface area contributed by atoms with Crippen LogP contribution in [-0.4, -0.2) is 30.5 Å². The van der Waals surface area contributed by atoms with Crippen molar-refractivity contribution in [2.24, 2.45) is 5.92 Å². The summed E-state index contributed by atoms with van der Waals surface area (Å²) in [5.74, 6) is -0.0852. The lowest BCUT2D eigenvalue weighted by Crippen LogP contribution is -2.39. The van der Waals surface area contributed by atoms with Gasteiger partial charge >= 0.3 is 5.97 Å². The summed E-state index contributed by atoms with van der Waals surface area (Å²) in [6, 6.07) is 13.8. The highest BCUT2D eigenvalue weighted by molar-refractivity contribution is 5.95. The number of carbonyl (C=O) groups excluding carboxylic acids is 3. The summed E-state index contributed by atoms with van der Waals surface area (Å²) in [6.45, 7) is 2.06. The zero-order valence-electron chi connectivity index (χ0n) is 16.7. The van der Waals surface area contributed by atoms with Crippen molar-refractivity contribution < 1.29 is 23.9 Å². The highest BCUT2D eigenvalue weighted by Crippen LogP contribution is 2.32. The first-order valence-corrected chi connectivity index (χ1v) is 10.2. The van der Waals surface area contributed by atoms with Gasteiger partial charge in [-0.25, -0.2) is 4.79 Å². The summed E-state index contributed by atoms with van der Waals surface area (Å²) in [7, 11) is 0. The third kappa shape index (κ3) is 4.62. The lowest BCUT2D eigenvalue weighted by atomic mass is 10.0. The molecule has 0 spiro atoms. The van der Waals surface area contributed by atoms with Gasteiger partial charge in [0.05, 0.1) is 18.2 Å². The molecule has 2 unspecified atom stereocenters. The van der Waals surface area contributed by atoms with E-state index in [4.69, 9.17) is 9.47 Å². The van der Waals surface area contributed by atoms with Gasteiger partial charge in [0, 0.05) is 23.6 Å². The maximum Gasteiger partial charge on any atom is 0.338 e. The molecule has 1 aliphatic carbocycles. The predicted molar refractivity (Wildman–Crippen MR) is 110 cm³/mol. The minimum Gasteiger partial charge on any atom is -0.493 e. The van der Waals surface area contributed by atoms with Crippen molar-refractivity contribution in [3.05, 3.63) is 59.7 Å². The van der Waals surface area contributed by atoms with Crippen molar-refractivity contribution in [2.45, 2.75) is 38.3 Å². The molecule has 0 aromatic heterocycles. The number of nitrogens with one attached hydrogen (secondary N) is 2. The standard InChI is InChI=1S/C23H24N2O5/c1-14(21(26)25-19-12-13-29-20-5-3-2-4-18(19)20)30-23(28)16-8-10-17(11-9-16)24-22(27)15-6-7-15/h2-5,8-11,14-15,19H,6-7,12-13H2,1H3,(H,24,27)(H,25,26). The van der Waals surface area contributed by atoms with Gasteiger partial charge in [-0.3, -0.25) is 9.59 Å². The molecule has 2 aromatic carbocycles. The topological polar surface area (TPSA) is 93.7 Å². The van der Waals surface area contributed by atoms with Crippen LogP contribution in [0, 0.1) is 5.92 Å². The van der Waals surface area contributed by atoms with Crippen LogP contribution in [0.5, 0.6) is 5.75 Å². The second-order valence-electron chi connectivity index (χ2n) is 7.62. The molecule has 7 heteroatoms. The summed E-state index contributed by atoms with van der Waals surface area (Å²) in [6.07, 6.45) is 1.56. The number of fused-ring (bicyclic) bond motifs is 1. The molecule has 7 nitrogen and oxygen atoms in total. The zero-order valence-corrected chi connectivity index (χ0v) is 16.7. The summed E-state index contributed by atoms with van der Waals surface area (Å²) < 4.78 is 10.9. The minimum absolute atomic E-state index is 0.00491. The van der Waals surface area contributed by atoms with Crippen LogP contribution < -0.4 is 15.4 Å². The number of para-hydroxylation sites is 1. The molecule has 4 rings (SSSR count). The molecule has 0 bridgehead atoms. The summed E-state index contributed by atoms with van der Waals surface area (Å²) in [5.41, 5.74) is 1.86. The van der Waals surface area contributed by atoms with Crippen LogP contribution in [0.25, 0.3) is 0 Å². The highest BCUT2D eigenvalue weighted by Gasteiger charge is 2.29. The van der Waals surface area contributed by atoms with Crippen LogP contribution in [0.15, 0.2) is 48.5 Å². The van der Waals surface area contributed by atoms with E-state index in [9.17, 15) is 14.4 Å². The van der Waals surface area contributed by atoms with E-state index >= 15 is 0 Å². The third-order valence-electron chi connectivity index (χ3n) is 5.26. The fourth-order valence-electron chi connectivity index (χ4n) is 3.34. The molecule has 30 heavy (non-hydrogen) atoms. The Morgan fingerprint density at radius 1 is 1.03 bits per heavy atom. The molecule has 2 amide bonds. The second kappa shape index (κ2) is 8.57. The Bertz CT molecular complexity index is 952. The predicted octanol–water partition coefficient (Wildman–Crippen LogP) is 3.22. The van der Waals surface area contributed by atoms with Crippen molar-refractivity contribution in [3.8, 4) is 5.75 Å². The third-order valence-corrected chi connectivity index (χ3v) is 5.26. The van der Waals surface area contributed by atoms with Crippen molar-refractivity contribution in [2.75, 3.05) is 11.9 Å². The first-order chi connectivity index (χ1) is 14.5. The fraction of sp³-hybridized carbons (Fsp3) is 0.348. The largest absolute Gasteiger partial charge is 0.493 e. The summed E-state index contributed by atoms with van der Waals surface area (Å²) >= 11 is 0. The van der Waals surface area contributed by atoms with Crippen LogP contribution in [0.1, 0.15) is 48.1 Å². The number of hydrogen-bond donors (Lipinski definition) is 2. The van der Waals surface area contributed by atoms with Crippen LogP contribution in [0.4, 0.5) is 5.69 Å². The molecular formula is C23H24N2O5. The molecule has 1 saturated carbocycles. The quantitative estimate of drug-likeness (QED) is 0.716. The minimum atomic E-state index is -0.943. The molecule has 2 N–H and O–H groups in total. The van der Waals surface area contributed by atoms with Crippen LogP contribution in [0.2, 0.25) is 0 Å². The SMILES string of the molecule is CC(OC(=O)c1ccc(NC(=O)C2CC2)cc1)C(=O)NC1CCOc2ccccc21. The summed E-state index contributed by atoms with van der Waals surface area (Å²) in [5, 5.41) is 5.75.